The van der Waals surface area contributed by atoms with Crippen molar-refractivity contribution in [2.24, 2.45) is 5.41 Å². The van der Waals surface area contributed by atoms with Gasteiger partial charge in [-0.1, -0.05) is 43.5 Å². The zero-order chi connectivity index (χ0) is 16.9. The molecular weight excluding hydrogens is 358 g/mol. The van der Waals surface area contributed by atoms with Crippen molar-refractivity contribution < 1.29 is 31.0 Å². The van der Waals surface area contributed by atoms with Crippen molar-refractivity contribution in [3.8, 4) is 0 Å². The van der Waals surface area contributed by atoms with E-state index in [1.165, 1.54) is 12.3 Å². The molecular formula is C17H16CuN3O3-3. The maximum Gasteiger partial charge on any atom is 0.223 e. The van der Waals surface area contributed by atoms with Gasteiger partial charge in [0.25, 0.3) is 0 Å². The van der Waals surface area contributed by atoms with Gasteiger partial charge in [0.2, 0.25) is 5.91 Å². The van der Waals surface area contributed by atoms with E-state index >= 15 is 0 Å². The molecule has 3 aromatic rings. The van der Waals surface area contributed by atoms with E-state index in [0.29, 0.717) is 4.73 Å². The minimum absolute atomic E-state index is 0. The molecule has 1 aromatic carbocycles. The van der Waals surface area contributed by atoms with Crippen LogP contribution in [-0.2, 0) is 21.9 Å². The van der Waals surface area contributed by atoms with E-state index in [9.17, 15) is 10.0 Å². The van der Waals surface area contributed by atoms with Gasteiger partial charge in [-0.05, 0) is 29.4 Å². The van der Waals surface area contributed by atoms with Crippen LogP contribution in [0.15, 0.2) is 53.1 Å². The first kappa shape index (κ1) is 19.7. The molecule has 3 rings (SSSR count). The SMILES string of the molecule is [CH2-]C(C)(C)C(=O)[N-]c1cccc[n+]1[O-].[Cu].[c-]1nc2ccccc2o1. The van der Waals surface area contributed by atoms with Crippen molar-refractivity contribution in [3.05, 3.63) is 72.5 Å². The van der Waals surface area contributed by atoms with Crippen molar-refractivity contribution >= 4 is 22.8 Å². The summed E-state index contributed by atoms with van der Waals surface area (Å²) in [5, 5.41) is 14.8. The number of hydrogen-bond acceptors (Lipinski definition) is 4. The second-order valence-corrected chi connectivity index (χ2v) is 5.46. The predicted molar refractivity (Wildman–Crippen MR) is 85.4 cm³/mol. The van der Waals surface area contributed by atoms with Gasteiger partial charge in [0.05, 0.1) is 0 Å². The largest absolute Gasteiger partial charge is 0.805 e. The van der Waals surface area contributed by atoms with E-state index in [0.717, 1.165) is 11.1 Å². The maximum absolute atomic E-state index is 11.4. The number of fused-ring (bicyclic) bond motifs is 1. The van der Waals surface area contributed by atoms with E-state index in [1.54, 1.807) is 26.0 Å². The average molecular weight is 374 g/mol. The zero-order valence-corrected chi connectivity index (χ0v) is 14.1. The normalized spacial score (nSPS) is 10.3. The fourth-order valence-corrected chi connectivity index (χ4v) is 1.52. The molecule has 131 valence electrons. The zero-order valence-electron chi connectivity index (χ0n) is 13.2. The summed E-state index contributed by atoms with van der Waals surface area (Å²) >= 11 is 0. The molecule has 1 amide bonds. The number of rotatable bonds is 2. The average Bonchev–Trinajstić information content (AvgIpc) is 2.98. The summed E-state index contributed by atoms with van der Waals surface area (Å²) in [7, 11) is 0. The predicted octanol–water partition coefficient (Wildman–Crippen LogP) is 3.34. The number of carbonyl (C=O) groups is 1. The first-order chi connectivity index (χ1) is 10.9. The number of pyridine rings is 1. The Hall–Kier alpha value is -2.37. The molecule has 0 N–H and O–H groups in total. The summed E-state index contributed by atoms with van der Waals surface area (Å²) in [6.07, 6.45) is 3.71. The number of amides is 1. The molecule has 0 spiro atoms. The maximum atomic E-state index is 11.4. The molecule has 0 aliphatic carbocycles. The van der Waals surface area contributed by atoms with Crippen LogP contribution in [0.1, 0.15) is 13.8 Å². The van der Waals surface area contributed by atoms with Crippen LogP contribution in [0.3, 0.4) is 0 Å². The van der Waals surface area contributed by atoms with Crippen molar-refractivity contribution in [1.82, 2.24) is 4.98 Å². The summed E-state index contributed by atoms with van der Waals surface area (Å²) < 4.78 is 5.43. The topological polar surface area (TPSA) is 84.1 Å². The first-order valence-electron chi connectivity index (χ1n) is 6.89. The van der Waals surface area contributed by atoms with Crippen LogP contribution in [-0.4, -0.2) is 10.9 Å². The Morgan fingerprint density at radius 1 is 1.29 bits per heavy atom. The van der Waals surface area contributed by atoms with Gasteiger partial charge in [-0.2, -0.15) is 5.32 Å². The molecule has 2 heterocycles. The molecule has 0 unspecified atom stereocenters. The Morgan fingerprint density at radius 2 is 1.96 bits per heavy atom. The number of oxazole rings is 1. The van der Waals surface area contributed by atoms with Gasteiger partial charge in [-0.25, -0.2) is 0 Å². The van der Waals surface area contributed by atoms with Gasteiger partial charge in [-0.3, -0.25) is 4.79 Å². The number of carbonyl (C=O) groups excluding carboxylic acids is 1. The monoisotopic (exact) mass is 373 g/mol. The van der Waals surface area contributed by atoms with Gasteiger partial charge in [0.15, 0.2) is 0 Å². The molecule has 6 nitrogen and oxygen atoms in total. The number of aromatic nitrogens is 2. The minimum Gasteiger partial charge on any atom is -0.805 e. The molecule has 0 atom stereocenters. The number of benzene rings is 1. The molecule has 2 aromatic heterocycles. The second kappa shape index (κ2) is 8.47. The van der Waals surface area contributed by atoms with E-state index in [2.05, 4.69) is 23.6 Å². The molecule has 0 aliphatic rings. The number of hydrogen-bond donors (Lipinski definition) is 0. The Kier molecular flexibility index (Phi) is 6.95. The van der Waals surface area contributed by atoms with Crippen LogP contribution in [0.25, 0.3) is 16.4 Å². The third-order valence-corrected chi connectivity index (χ3v) is 2.79. The fraction of sp³-hybridized carbons (Fsp3) is 0.176. The second-order valence-electron chi connectivity index (χ2n) is 5.46. The summed E-state index contributed by atoms with van der Waals surface area (Å²) in [5.41, 5.74) is 0.845. The number of para-hydroxylation sites is 2. The van der Waals surface area contributed by atoms with Crippen molar-refractivity contribution in [2.45, 2.75) is 13.8 Å². The van der Waals surface area contributed by atoms with E-state index in [1.807, 2.05) is 24.3 Å². The third-order valence-electron chi connectivity index (χ3n) is 2.79. The molecule has 0 fully saturated rings. The van der Waals surface area contributed by atoms with Gasteiger partial charge < -0.3 is 26.3 Å². The van der Waals surface area contributed by atoms with Crippen molar-refractivity contribution in [2.75, 3.05) is 0 Å². The van der Waals surface area contributed by atoms with Crippen LogP contribution >= 0.6 is 0 Å². The first-order valence-corrected chi connectivity index (χ1v) is 6.89. The Bertz CT molecular complexity index is 767. The van der Waals surface area contributed by atoms with E-state index in [-0.39, 0.29) is 22.9 Å². The summed E-state index contributed by atoms with van der Waals surface area (Å²) in [6.45, 7) is 6.94. The smallest absolute Gasteiger partial charge is 0.223 e. The molecule has 1 radical (unpaired) electrons. The third kappa shape index (κ3) is 5.37. The van der Waals surface area contributed by atoms with Gasteiger partial charge >= 0.3 is 0 Å². The van der Waals surface area contributed by atoms with Crippen LogP contribution in [0.4, 0.5) is 5.82 Å². The Morgan fingerprint density at radius 3 is 2.58 bits per heavy atom. The molecule has 24 heavy (non-hydrogen) atoms. The van der Waals surface area contributed by atoms with Crippen LogP contribution < -0.4 is 4.73 Å². The summed E-state index contributed by atoms with van der Waals surface area (Å²) in [6, 6.07) is 12.3. The Labute approximate surface area is 150 Å². The van der Waals surface area contributed by atoms with Gasteiger partial charge in [0, 0.05) is 17.1 Å². The molecule has 0 bridgehead atoms. The standard InChI is InChI=1S/C10H13N2O2.C7H4NO.Cu/c1-10(2,3)9(13)11-8-6-4-5-7-12(8)14;1-2-4-7-6(3-1)8-5-9-7;/h4-7H,1H2,2-3H3,(H,11,13);1-4H;/q2*-1;/p-1. The molecule has 0 aliphatic heterocycles. The summed E-state index contributed by atoms with van der Waals surface area (Å²) in [4.78, 5) is 15.2. The fourth-order valence-electron chi connectivity index (χ4n) is 1.52. The van der Waals surface area contributed by atoms with Gasteiger partial charge in [0.1, 0.15) is 12.2 Å². The number of nitrogens with zero attached hydrogens (tertiary/aromatic N) is 3. The van der Waals surface area contributed by atoms with Crippen molar-refractivity contribution in [3.63, 3.8) is 0 Å². The quantitative estimate of drug-likeness (QED) is 0.298. The molecule has 0 saturated carbocycles. The van der Waals surface area contributed by atoms with Gasteiger partial charge in [-0.15, -0.1) is 6.07 Å². The summed E-state index contributed by atoms with van der Waals surface area (Å²) in [5.74, 6) is -0.317. The minimum atomic E-state index is -0.803. The van der Waals surface area contributed by atoms with Crippen LogP contribution in [0.2, 0.25) is 0 Å². The van der Waals surface area contributed by atoms with Crippen molar-refractivity contribution in [1.29, 1.82) is 0 Å². The molecule has 0 saturated heterocycles. The van der Waals surface area contributed by atoms with E-state index in [4.69, 9.17) is 4.42 Å². The molecule has 7 heteroatoms. The van der Waals surface area contributed by atoms with Crippen LogP contribution in [0.5, 0.6) is 0 Å². The Balaban J connectivity index is 0.000000248. The van der Waals surface area contributed by atoms with Crippen LogP contribution in [0, 0.1) is 23.9 Å². The van der Waals surface area contributed by atoms with E-state index < -0.39 is 11.3 Å².